The molecule has 2 aliphatic rings. The predicted octanol–water partition coefficient (Wildman–Crippen LogP) is 3.93. The summed E-state index contributed by atoms with van der Waals surface area (Å²) in [5, 5.41) is 7.87. The van der Waals surface area contributed by atoms with Crippen molar-refractivity contribution in [3.63, 3.8) is 0 Å². The minimum Gasteiger partial charge on any atom is -0.318 e. The molecule has 0 aromatic carbocycles. The second-order valence-corrected chi connectivity index (χ2v) is 7.89. The van der Waals surface area contributed by atoms with Crippen molar-refractivity contribution in [2.75, 3.05) is 0 Å². The number of carbonyl (C=O) groups excluding carboxylic acids is 1. The van der Waals surface area contributed by atoms with Crippen LogP contribution in [0.4, 0.5) is 0 Å². The Labute approximate surface area is 131 Å². The van der Waals surface area contributed by atoms with Crippen LogP contribution in [0.5, 0.6) is 0 Å². The lowest BCUT2D eigenvalue weighted by Crippen LogP contribution is -2.45. The molecule has 116 valence electrons. The summed E-state index contributed by atoms with van der Waals surface area (Å²) < 4.78 is 0. The molecule has 1 aliphatic carbocycles. The van der Waals surface area contributed by atoms with Crippen molar-refractivity contribution in [2.45, 2.75) is 71.1 Å². The molecule has 1 N–H and O–H groups in total. The molecule has 1 saturated carbocycles. The largest absolute Gasteiger partial charge is 0.318 e. The van der Waals surface area contributed by atoms with Crippen molar-refractivity contribution < 1.29 is 4.79 Å². The van der Waals surface area contributed by atoms with Crippen LogP contribution < -0.4 is 5.32 Å². The number of hydrogen-bond donors (Lipinski definition) is 1. The third-order valence-corrected chi connectivity index (χ3v) is 5.86. The van der Waals surface area contributed by atoms with Gasteiger partial charge in [0.15, 0.2) is 0 Å². The van der Waals surface area contributed by atoms with Crippen molar-refractivity contribution in [1.82, 2.24) is 10.2 Å². The summed E-state index contributed by atoms with van der Waals surface area (Å²) in [6.07, 6.45) is 5.64. The first-order valence-electron chi connectivity index (χ1n) is 8.15. The Morgan fingerprint density at radius 2 is 2.29 bits per heavy atom. The first-order valence-corrected chi connectivity index (χ1v) is 9.09. The smallest absolute Gasteiger partial charge is 0.241 e. The zero-order valence-corrected chi connectivity index (χ0v) is 14.1. The van der Waals surface area contributed by atoms with Gasteiger partial charge in [0.05, 0.1) is 6.04 Å². The van der Waals surface area contributed by atoms with Crippen LogP contribution in [0, 0.1) is 5.41 Å². The van der Waals surface area contributed by atoms with Gasteiger partial charge in [0.1, 0.15) is 6.17 Å². The molecule has 0 spiro atoms. The highest BCUT2D eigenvalue weighted by molar-refractivity contribution is 7.07. The molecular weight excluding hydrogens is 280 g/mol. The van der Waals surface area contributed by atoms with E-state index < -0.39 is 0 Å². The summed E-state index contributed by atoms with van der Waals surface area (Å²) in [4.78, 5) is 15.1. The molecule has 0 bridgehead atoms. The maximum absolute atomic E-state index is 12.9. The molecular formula is C17H26N2OS. The van der Waals surface area contributed by atoms with Crippen LogP contribution in [-0.2, 0) is 4.79 Å². The molecule has 0 radical (unpaired) electrons. The lowest BCUT2D eigenvalue weighted by molar-refractivity contribution is -0.134. The quantitative estimate of drug-likeness (QED) is 0.914. The van der Waals surface area contributed by atoms with E-state index >= 15 is 0 Å². The standard InChI is InChI=1S/C17H26N2OS/c1-4-6-13-16(20)19(14-7-5-9-17(14,2)3)15(18-13)12-8-10-21-11-12/h8,10-11,13-15,18H,4-7,9H2,1-3H3. The highest BCUT2D eigenvalue weighted by Gasteiger charge is 2.48. The topological polar surface area (TPSA) is 32.3 Å². The molecule has 1 aromatic heterocycles. The Balaban J connectivity index is 1.91. The van der Waals surface area contributed by atoms with Crippen molar-refractivity contribution in [1.29, 1.82) is 0 Å². The van der Waals surface area contributed by atoms with Crippen molar-refractivity contribution in [3.05, 3.63) is 22.4 Å². The first-order chi connectivity index (χ1) is 10.0. The molecule has 1 amide bonds. The van der Waals surface area contributed by atoms with E-state index in [4.69, 9.17) is 0 Å². The number of hydrogen-bond acceptors (Lipinski definition) is 3. The molecule has 2 heterocycles. The van der Waals surface area contributed by atoms with E-state index in [0.29, 0.717) is 11.9 Å². The van der Waals surface area contributed by atoms with E-state index in [1.807, 2.05) is 0 Å². The molecule has 3 rings (SSSR count). The minimum atomic E-state index is -0.00343. The van der Waals surface area contributed by atoms with Gasteiger partial charge in [-0.1, -0.05) is 33.6 Å². The van der Waals surface area contributed by atoms with Gasteiger partial charge in [0, 0.05) is 6.04 Å². The van der Waals surface area contributed by atoms with E-state index in [-0.39, 0.29) is 17.6 Å². The fourth-order valence-electron chi connectivity index (χ4n) is 3.99. The van der Waals surface area contributed by atoms with Crippen LogP contribution >= 0.6 is 11.3 Å². The van der Waals surface area contributed by atoms with Crippen LogP contribution in [0.2, 0.25) is 0 Å². The van der Waals surface area contributed by atoms with Crippen LogP contribution in [0.3, 0.4) is 0 Å². The fraction of sp³-hybridized carbons (Fsp3) is 0.706. The monoisotopic (exact) mass is 306 g/mol. The van der Waals surface area contributed by atoms with Gasteiger partial charge in [0.2, 0.25) is 5.91 Å². The normalized spacial score (nSPS) is 32.0. The van der Waals surface area contributed by atoms with E-state index in [0.717, 1.165) is 19.3 Å². The molecule has 3 atom stereocenters. The number of nitrogens with zero attached hydrogens (tertiary/aromatic N) is 1. The highest BCUT2D eigenvalue weighted by atomic mass is 32.1. The van der Waals surface area contributed by atoms with Crippen molar-refractivity contribution in [2.24, 2.45) is 5.41 Å². The number of amides is 1. The maximum Gasteiger partial charge on any atom is 0.241 e. The first kappa shape index (κ1) is 15.0. The van der Waals surface area contributed by atoms with E-state index in [2.05, 4.69) is 47.8 Å². The molecule has 4 heteroatoms. The van der Waals surface area contributed by atoms with Gasteiger partial charge in [-0.2, -0.15) is 11.3 Å². The van der Waals surface area contributed by atoms with Crippen LogP contribution in [0.15, 0.2) is 16.8 Å². The van der Waals surface area contributed by atoms with Crippen molar-refractivity contribution >= 4 is 17.2 Å². The van der Waals surface area contributed by atoms with Gasteiger partial charge in [-0.3, -0.25) is 10.1 Å². The van der Waals surface area contributed by atoms with E-state index in [9.17, 15) is 4.79 Å². The SMILES string of the molecule is CCCC1NC(c2ccsc2)N(C2CCCC2(C)C)C1=O. The van der Waals surface area contributed by atoms with Crippen molar-refractivity contribution in [3.8, 4) is 0 Å². The molecule has 3 unspecified atom stereocenters. The summed E-state index contributed by atoms with van der Waals surface area (Å²) in [7, 11) is 0. The number of thiophene rings is 1. The lowest BCUT2D eigenvalue weighted by atomic mass is 9.86. The third-order valence-electron chi connectivity index (χ3n) is 5.16. The predicted molar refractivity (Wildman–Crippen MR) is 87.2 cm³/mol. The Morgan fingerprint density at radius 3 is 2.86 bits per heavy atom. The van der Waals surface area contributed by atoms with Crippen LogP contribution in [-0.4, -0.2) is 22.9 Å². The number of nitrogens with one attached hydrogen (secondary N) is 1. The average Bonchev–Trinajstić information content (AvgIpc) is 3.11. The molecule has 1 saturated heterocycles. The van der Waals surface area contributed by atoms with Gasteiger partial charge >= 0.3 is 0 Å². The second-order valence-electron chi connectivity index (χ2n) is 7.11. The fourth-order valence-corrected chi connectivity index (χ4v) is 4.67. The lowest BCUT2D eigenvalue weighted by Gasteiger charge is -2.38. The Bertz CT molecular complexity index is 497. The zero-order chi connectivity index (χ0) is 15.0. The number of rotatable bonds is 4. The Morgan fingerprint density at radius 1 is 1.48 bits per heavy atom. The van der Waals surface area contributed by atoms with Crippen LogP contribution in [0.1, 0.15) is 64.6 Å². The van der Waals surface area contributed by atoms with Gasteiger partial charge in [-0.25, -0.2) is 0 Å². The van der Waals surface area contributed by atoms with E-state index in [1.54, 1.807) is 11.3 Å². The summed E-state index contributed by atoms with van der Waals surface area (Å²) in [6, 6.07) is 2.51. The maximum atomic E-state index is 12.9. The molecule has 21 heavy (non-hydrogen) atoms. The second kappa shape index (κ2) is 5.73. The summed E-state index contributed by atoms with van der Waals surface area (Å²) in [5.74, 6) is 0.313. The molecule has 3 nitrogen and oxygen atoms in total. The summed E-state index contributed by atoms with van der Waals surface area (Å²) >= 11 is 1.71. The van der Waals surface area contributed by atoms with Gasteiger partial charge in [-0.05, 0) is 47.1 Å². The Hall–Kier alpha value is -0.870. The molecule has 1 aliphatic heterocycles. The average molecular weight is 306 g/mol. The minimum absolute atomic E-state index is 0.00343. The summed E-state index contributed by atoms with van der Waals surface area (Å²) in [5.41, 5.74) is 1.47. The zero-order valence-electron chi connectivity index (χ0n) is 13.3. The molecule has 2 fully saturated rings. The Kier molecular flexibility index (Phi) is 4.10. The van der Waals surface area contributed by atoms with Gasteiger partial charge in [-0.15, -0.1) is 0 Å². The van der Waals surface area contributed by atoms with Gasteiger partial charge < -0.3 is 4.90 Å². The van der Waals surface area contributed by atoms with Crippen LogP contribution in [0.25, 0.3) is 0 Å². The summed E-state index contributed by atoms with van der Waals surface area (Å²) in [6.45, 7) is 6.78. The highest BCUT2D eigenvalue weighted by Crippen LogP contribution is 2.45. The number of carbonyl (C=O) groups is 1. The van der Waals surface area contributed by atoms with E-state index in [1.165, 1.54) is 18.4 Å². The molecule has 1 aromatic rings. The third kappa shape index (κ3) is 2.64. The van der Waals surface area contributed by atoms with Gasteiger partial charge in [0.25, 0.3) is 0 Å².